The Bertz CT molecular complexity index is 393. The summed E-state index contributed by atoms with van der Waals surface area (Å²) in [7, 11) is 1.89. The number of aryl methyl sites for hydroxylation is 1. The predicted molar refractivity (Wildman–Crippen MR) is 68.0 cm³/mol. The molecule has 0 aliphatic rings. The third-order valence-corrected chi connectivity index (χ3v) is 2.74. The standard InChI is InChI=1S/C13H21N3/c1-4-5-6-7-8-9-10-12-13(14)11(2)16(3)15-12/h4-8,14H2,1-3H3. The molecule has 1 aromatic rings. The average Bonchev–Trinajstić information content (AvgIpc) is 2.51. The van der Waals surface area contributed by atoms with Crippen LogP contribution in [0.15, 0.2) is 0 Å². The number of hydrogen-bond donors (Lipinski definition) is 1. The first kappa shape index (κ1) is 12.6. The number of aromatic nitrogens is 2. The van der Waals surface area contributed by atoms with Gasteiger partial charge in [-0.15, -0.1) is 0 Å². The van der Waals surface area contributed by atoms with Gasteiger partial charge < -0.3 is 5.73 Å². The van der Waals surface area contributed by atoms with Crippen LogP contribution in [0.4, 0.5) is 5.69 Å². The van der Waals surface area contributed by atoms with Crippen molar-refractivity contribution in [2.24, 2.45) is 7.05 Å². The number of rotatable bonds is 4. The van der Waals surface area contributed by atoms with Crippen molar-refractivity contribution in [1.82, 2.24) is 9.78 Å². The number of nitrogen functional groups attached to an aromatic ring is 1. The van der Waals surface area contributed by atoms with E-state index in [4.69, 9.17) is 5.73 Å². The maximum Gasteiger partial charge on any atom is 0.158 e. The molecule has 1 heterocycles. The first-order valence-electron chi connectivity index (χ1n) is 5.94. The van der Waals surface area contributed by atoms with Crippen molar-refractivity contribution in [3.8, 4) is 11.8 Å². The van der Waals surface area contributed by atoms with E-state index in [9.17, 15) is 0 Å². The maximum absolute atomic E-state index is 5.88. The minimum atomic E-state index is 0.712. The Kier molecular flexibility index (Phi) is 4.91. The normalized spacial score (nSPS) is 9.94. The van der Waals surface area contributed by atoms with Gasteiger partial charge in [0.2, 0.25) is 0 Å². The van der Waals surface area contributed by atoms with Crippen molar-refractivity contribution in [2.45, 2.75) is 46.0 Å². The van der Waals surface area contributed by atoms with Crippen LogP contribution in [0.5, 0.6) is 0 Å². The number of nitrogens with two attached hydrogens (primary N) is 1. The van der Waals surface area contributed by atoms with E-state index in [2.05, 4.69) is 23.9 Å². The minimum Gasteiger partial charge on any atom is -0.395 e. The van der Waals surface area contributed by atoms with Crippen LogP contribution in [0.1, 0.15) is 50.4 Å². The van der Waals surface area contributed by atoms with Crippen LogP contribution >= 0.6 is 0 Å². The Hall–Kier alpha value is -1.43. The highest BCUT2D eigenvalue weighted by molar-refractivity contribution is 5.55. The van der Waals surface area contributed by atoms with E-state index >= 15 is 0 Å². The first-order valence-corrected chi connectivity index (χ1v) is 5.94. The molecule has 0 aromatic carbocycles. The third-order valence-electron chi connectivity index (χ3n) is 2.74. The smallest absolute Gasteiger partial charge is 0.158 e. The van der Waals surface area contributed by atoms with Crippen LogP contribution in [0.3, 0.4) is 0 Å². The molecule has 0 radical (unpaired) electrons. The Labute approximate surface area is 98.0 Å². The molecule has 0 aliphatic heterocycles. The molecule has 1 rings (SSSR count). The Morgan fingerprint density at radius 2 is 2.06 bits per heavy atom. The third kappa shape index (κ3) is 3.30. The van der Waals surface area contributed by atoms with Gasteiger partial charge in [-0.05, 0) is 19.3 Å². The van der Waals surface area contributed by atoms with Gasteiger partial charge in [0.15, 0.2) is 5.69 Å². The lowest BCUT2D eigenvalue weighted by atomic mass is 10.1. The zero-order valence-electron chi connectivity index (χ0n) is 10.5. The van der Waals surface area contributed by atoms with Crippen LogP contribution in [0.25, 0.3) is 0 Å². The van der Waals surface area contributed by atoms with Crippen molar-refractivity contribution in [1.29, 1.82) is 0 Å². The van der Waals surface area contributed by atoms with Crippen molar-refractivity contribution in [2.75, 3.05) is 5.73 Å². The summed E-state index contributed by atoms with van der Waals surface area (Å²) in [4.78, 5) is 0. The molecule has 1 aromatic heterocycles. The van der Waals surface area contributed by atoms with Crippen LogP contribution < -0.4 is 5.73 Å². The highest BCUT2D eigenvalue weighted by Gasteiger charge is 2.05. The maximum atomic E-state index is 5.88. The van der Waals surface area contributed by atoms with Crippen molar-refractivity contribution >= 4 is 5.69 Å². The molecular weight excluding hydrogens is 198 g/mol. The molecule has 0 atom stereocenters. The molecule has 0 bridgehead atoms. The molecule has 0 saturated carbocycles. The summed E-state index contributed by atoms with van der Waals surface area (Å²) in [6, 6.07) is 0. The molecule has 0 saturated heterocycles. The molecule has 0 spiro atoms. The van der Waals surface area contributed by atoms with Crippen molar-refractivity contribution in [3.05, 3.63) is 11.4 Å². The Morgan fingerprint density at radius 3 is 2.62 bits per heavy atom. The van der Waals surface area contributed by atoms with Gasteiger partial charge in [0.25, 0.3) is 0 Å². The van der Waals surface area contributed by atoms with E-state index < -0.39 is 0 Å². The number of unbranched alkanes of at least 4 members (excludes halogenated alkanes) is 4. The second-order valence-electron chi connectivity index (χ2n) is 4.08. The minimum absolute atomic E-state index is 0.712. The van der Waals surface area contributed by atoms with Gasteiger partial charge in [-0.25, -0.2) is 0 Å². The Morgan fingerprint density at radius 1 is 1.31 bits per heavy atom. The monoisotopic (exact) mass is 219 g/mol. The fraction of sp³-hybridized carbons (Fsp3) is 0.615. The molecular formula is C13H21N3. The lowest BCUT2D eigenvalue weighted by Crippen LogP contribution is -1.93. The Balaban J connectivity index is 2.47. The quantitative estimate of drug-likeness (QED) is 0.625. The summed E-state index contributed by atoms with van der Waals surface area (Å²) in [6.07, 6.45) is 5.94. The van der Waals surface area contributed by atoms with E-state index in [1.165, 1.54) is 25.7 Å². The van der Waals surface area contributed by atoms with Crippen molar-refractivity contribution in [3.63, 3.8) is 0 Å². The van der Waals surface area contributed by atoms with Gasteiger partial charge in [0, 0.05) is 13.5 Å². The molecule has 3 nitrogen and oxygen atoms in total. The molecule has 0 amide bonds. The second-order valence-corrected chi connectivity index (χ2v) is 4.08. The van der Waals surface area contributed by atoms with E-state index in [0.717, 1.165) is 17.8 Å². The SMILES string of the molecule is CCCCCCC#Cc1nn(C)c(C)c1N. The highest BCUT2D eigenvalue weighted by atomic mass is 15.3. The second kappa shape index (κ2) is 6.22. The molecule has 3 heteroatoms. The molecule has 0 unspecified atom stereocenters. The average molecular weight is 219 g/mol. The lowest BCUT2D eigenvalue weighted by Gasteiger charge is -1.92. The van der Waals surface area contributed by atoms with Gasteiger partial charge in [0.05, 0.1) is 11.4 Å². The molecule has 2 N–H and O–H groups in total. The van der Waals surface area contributed by atoms with Crippen LogP contribution in [-0.2, 0) is 7.05 Å². The van der Waals surface area contributed by atoms with Gasteiger partial charge in [-0.1, -0.05) is 32.1 Å². The predicted octanol–water partition coefficient (Wildman–Crippen LogP) is 2.63. The van der Waals surface area contributed by atoms with Gasteiger partial charge in [-0.2, -0.15) is 5.10 Å². The summed E-state index contributed by atoms with van der Waals surface area (Å²) in [6.45, 7) is 4.16. The summed E-state index contributed by atoms with van der Waals surface area (Å²) in [5.74, 6) is 6.18. The topological polar surface area (TPSA) is 43.8 Å². The molecule has 0 fully saturated rings. The van der Waals surface area contributed by atoms with Crippen LogP contribution in [0.2, 0.25) is 0 Å². The highest BCUT2D eigenvalue weighted by Crippen LogP contribution is 2.13. The van der Waals surface area contributed by atoms with Crippen molar-refractivity contribution < 1.29 is 0 Å². The summed E-state index contributed by atoms with van der Waals surface area (Å²) in [5, 5.41) is 4.26. The zero-order chi connectivity index (χ0) is 12.0. The van der Waals surface area contributed by atoms with E-state index in [1.807, 2.05) is 14.0 Å². The summed E-state index contributed by atoms with van der Waals surface area (Å²) < 4.78 is 1.77. The molecule has 0 aliphatic carbocycles. The van der Waals surface area contributed by atoms with E-state index in [-0.39, 0.29) is 0 Å². The zero-order valence-corrected chi connectivity index (χ0v) is 10.5. The summed E-state index contributed by atoms with van der Waals surface area (Å²) >= 11 is 0. The first-order chi connectivity index (χ1) is 7.66. The number of nitrogens with zero attached hydrogens (tertiary/aromatic N) is 2. The van der Waals surface area contributed by atoms with E-state index in [1.54, 1.807) is 4.68 Å². The van der Waals surface area contributed by atoms with Gasteiger partial charge >= 0.3 is 0 Å². The fourth-order valence-electron chi connectivity index (χ4n) is 1.50. The molecule has 16 heavy (non-hydrogen) atoms. The van der Waals surface area contributed by atoms with E-state index in [0.29, 0.717) is 5.69 Å². The molecule has 88 valence electrons. The largest absolute Gasteiger partial charge is 0.395 e. The lowest BCUT2D eigenvalue weighted by molar-refractivity contribution is 0.679. The van der Waals surface area contributed by atoms with Crippen LogP contribution in [0, 0.1) is 18.8 Å². The van der Waals surface area contributed by atoms with Gasteiger partial charge in [0.1, 0.15) is 0 Å². The summed E-state index contributed by atoms with van der Waals surface area (Å²) in [5.41, 5.74) is 8.29. The number of anilines is 1. The van der Waals surface area contributed by atoms with Crippen LogP contribution in [-0.4, -0.2) is 9.78 Å². The fourth-order valence-corrected chi connectivity index (χ4v) is 1.50. The number of hydrogen-bond acceptors (Lipinski definition) is 2. The van der Waals surface area contributed by atoms with Gasteiger partial charge in [-0.3, -0.25) is 4.68 Å².